The molecule has 1 saturated carbocycles. The second-order valence-corrected chi connectivity index (χ2v) is 9.32. The Balaban J connectivity index is 1.57. The molecule has 0 unspecified atom stereocenters. The largest absolute Gasteiger partial charge is 0.452 e. The van der Waals surface area contributed by atoms with Crippen molar-refractivity contribution in [3.8, 4) is 0 Å². The smallest absolute Gasteiger partial charge is 0.319 e. The normalized spacial score (nSPS) is 16.1. The summed E-state index contributed by atoms with van der Waals surface area (Å²) in [7, 11) is 0. The van der Waals surface area contributed by atoms with Gasteiger partial charge in [-0.05, 0) is 46.1 Å². The maximum absolute atomic E-state index is 12.3. The first-order valence-electron chi connectivity index (χ1n) is 8.87. The summed E-state index contributed by atoms with van der Waals surface area (Å²) in [4.78, 5) is 45.4. The van der Waals surface area contributed by atoms with E-state index in [0.29, 0.717) is 21.8 Å². The number of carbonyl (C=O) groups excluding carboxylic acids is 2. The number of carbonyl (C=O) groups is 2. The molecule has 2 N–H and O–H groups in total. The Kier molecular flexibility index (Phi) is 5.90. The van der Waals surface area contributed by atoms with Crippen molar-refractivity contribution >= 4 is 45.2 Å². The molecule has 27 heavy (non-hydrogen) atoms. The van der Waals surface area contributed by atoms with E-state index in [2.05, 4.69) is 15.3 Å². The molecule has 0 saturated heterocycles. The van der Waals surface area contributed by atoms with E-state index in [1.165, 1.54) is 23.1 Å². The van der Waals surface area contributed by atoms with Crippen LogP contribution in [0.2, 0.25) is 0 Å². The molecule has 0 spiro atoms. The molecule has 2 heterocycles. The fourth-order valence-electron chi connectivity index (χ4n) is 2.51. The predicted molar refractivity (Wildman–Crippen MR) is 107 cm³/mol. The van der Waals surface area contributed by atoms with Gasteiger partial charge in [0.15, 0.2) is 6.10 Å². The minimum Gasteiger partial charge on any atom is -0.452 e. The molecule has 2 atom stereocenters. The van der Waals surface area contributed by atoms with Gasteiger partial charge in [0.25, 0.3) is 11.5 Å². The van der Waals surface area contributed by atoms with Gasteiger partial charge in [-0.3, -0.25) is 14.4 Å². The maximum atomic E-state index is 12.3. The van der Waals surface area contributed by atoms with Gasteiger partial charge in [-0.2, -0.15) is 0 Å². The number of thioether (sulfide) groups is 1. The molecule has 2 aromatic heterocycles. The first kappa shape index (κ1) is 19.9. The van der Waals surface area contributed by atoms with Gasteiger partial charge in [0.1, 0.15) is 15.9 Å². The monoisotopic (exact) mass is 409 g/mol. The van der Waals surface area contributed by atoms with Crippen LogP contribution in [-0.2, 0) is 20.1 Å². The number of aromatic nitrogens is 2. The van der Waals surface area contributed by atoms with Gasteiger partial charge >= 0.3 is 5.97 Å². The number of fused-ring (bicyclic) bond motifs is 1. The molecule has 1 amide bonds. The number of ether oxygens (including phenoxy) is 1. The first-order chi connectivity index (χ1) is 12.8. The van der Waals surface area contributed by atoms with Crippen molar-refractivity contribution in [1.82, 2.24) is 15.3 Å². The molecule has 2 aromatic rings. The van der Waals surface area contributed by atoms with Crippen molar-refractivity contribution in [3.63, 3.8) is 0 Å². The summed E-state index contributed by atoms with van der Waals surface area (Å²) >= 11 is 2.80. The van der Waals surface area contributed by atoms with Gasteiger partial charge in [-0.15, -0.1) is 23.1 Å². The van der Waals surface area contributed by atoms with Crippen molar-refractivity contribution in [3.05, 3.63) is 26.6 Å². The Morgan fingerprint density at radius 3 is 2.74 bits per heavy atom. The summed E-state index contributed by atoms with van der Waals surface area (Å²) in [6.45, 7) is 7.17. The SMILES string of the molecule is Cc1sc2nc(CS[C@@H](C)C(=O)O[C@@H](C)C(=O)NC3CC3)[nH]c(=O)c2c1C. The Bertz CT molecular complexity index is 933. The van der Waals surface area contributed by atoms with Gasteiger partial charge in [0, 0.05) is 10.9 Å². The summed E-state index contributed by atoms with van der Waals surface area (Å²) < 4.78 is 5.24. The van der Waals surface area contributed by atoms with Crippen LogP contribution >= 0.6 is 23.1 Å². The van der Waals surface area contributed by atoms with Gasteiger partial charge in [-0.25, -0.2) is 4.98 Å². The molecule has 1 aliphatic carbocycles. The van der Waals surface area contributed by atoms with Crippen molar-refractivity contribution < 1.29 is 14.3 Å². The number of rotatable bonds is 7. The van der Waals surface area contributed by atoms with E-state index < -0.39 is 17.3 Å². The summed E-state index contributed by atoms with van der Waals surface area (Å²) in [5.41, 5.74) is 0.802. The fraction of sp³-hybridized carbons (Fsp3) is 0.556. The van der Waals surface area contributed by atoms with E-state index in [9.17, 15) is 14.4 Å². The minimum absolute atomic E-state index is 0.155. The molecular formula is C18H23N3O4S2. The highest BCUT2D eigenvalue weighted by Crippen LogP contribution is 2.26. The van der Waals surface area contributed by atoms with Crippen LogP contribution in [0.3, 0.4) is 0 Å². The van der Waals surface area contributed by atoms with Crippen LogP contribution in [0.1, 0.15) is 43.0 Å². The average molecular weight is 410 g/mol. The lowest BCUT2D eigenvalue weighted by atomic mass is 10.2. The summed E-state index contributed by atoms with van der Waals surface area (Å²) in [5.74, 6) is 0.186. The van der Waals surface area contributed by atoms with Crippen LogP contribution in [0.15, 0.2) is 4.79 Å². The van der Waals surface area contributed by atoms with Gasteiger partial charge in [-0.1, -0.05) is 0 Å². The van der Waals surface area contributed by atoms with Crippen molar-refractivity contribution in [1.29, 1.82) is 0 Å². The summed E-state index contributed by atoms with van der Waals surface area (Å²) in [5, 5.41) is 2.97. The molecule has 146 valence electrons. The van der Waals surface area contributed by atoms with Gasteiger partial charge in [0.2, 0.25) is 0 Å². The molecule has 0 aliphatic heterocycles. The lowest BCUT2D eigenvalue weighted by Gasteiger charge is -2.16. The molecule has 0 bridgehead atoms. The number of esters is 1. The first-order valence-corrected chi connectivity index (χ1v) is 10.7. The number of amides is 1. The third-order valence-electron chi connectivity index (χ3n) is 4.48. The molecule has 1 fully saturated rings. The van der Waals surface area contributed by atoms with Crippen LogP contribution in [0.4, 0.5) is 0 Å². The van der Waals surface area contributed by atoms with Crippen LogP contribution in [0, 0.1) is 13.8 Å². The molecule has 0 radical (unpaired) electrons. The zero-order valence-corrected chi connectivity index (χ0v) is 17.4. The fourth-order valence-corrected chi connectivity index (χ4v) is 4.29. The van der Waals surface area contributed by atoms with E-state index in [1.807, 2.05) is 13.8 Å². The number of H-pyrrole nitrogens is 1. The van der Waals surface area contributed by atoms with Gasteiger partial charge < -0.3 is 15.0 Å². The Hall–Kier alpha value is -1.87. The van der Waals surface area contributed by atoms with E-state index in [0.717, 1.165) is 23.3 Å². The summed E-state index contributed by atoms with van der Waals surface area (Å²) in [6, 6.07) is 0.229. The van der Waals surface area contributed by atoms with E-state index in [4.69, 9.17) is 4.74 Å². The zero-order valence-electron chi connectivity index (χ0n) is 15.8. The molecule has 7 nitrogen and oxygen atoms in total. The number of aromatic amines is 1. The lowest BCUT2D eigenvalue weighted by Crippen LogP contribution is -2.38. The topological polar surface area (TPSA) is 101 Å². The zero-order chi connectivity index (χ0) is 19.7. The Morgan fingerprint density at radius 2 is 2.07 bits per heavy atom. The second-order valence-electron chi connectivity index (χ2n) is 6.79. The highest BCUT2D eigenvalue weighted by atomic mass is 32.2. The maximum Gasteiger partial charge on any atom is 0.319 e. The number of aryl methyl sites for hydroxylation is 2. The highest BCUT2D eigenvalue weighted by molar-refractivity contribution is 7.99. The van der Waals surface area contributed by atoms with Crippen molar-refractivity contribution in [2.45, 2.75) is 63.7 Å². The number of thiophene rings is 1. The standard InChI is InChI=1S/C18H23N3O4S2/c1-8-10(3)27-17-14(8)16(23)20-13(21-17)7-26-11(4)18(24)25-9(2)15(22)19-12-5-6-12/h9,11-12H,5-7H2,1-4H3,(H,19,22)(H,20,21,23)/t9-,11-/m0/s1. The number of nitrogens with one attached hydrogen (secondary N) is 2. The van der Waals surface area contributed by atoms with Crippen LogP contribution in [-0.4, -0.2) is 39.2 Å². The van der Waals surface area contributed by atoms with E-state index in [1.54, 1.807) is 13.8 Å². The Morgan fingerprint density at radius 1 is 1.37 bits per heavy atom. The van der Waals surface area contributed by atoms with Crippen LogP contribution in [0.5, 0.6) is 0 Å². The van der Waals surface area contributed by atoms with Crippen LogP contribution < -0.4 is 10.9 Å². The third kappa shape index (κ3) is 4.70. The third-order valence-corrected chi connectivity index (χ3v) is 6.71. The number of nitrogens with zero attached hydrogens (tertiary/aromatic N) is 1. The average Bonchev–Trinajstić information content (AvgIpc) is 3.37. The molecule has 0 aromatic carbocycles. The predicted octanol–water partition coefficient (Wildman–Crippen LogP) is 2.43. The van der Waals surface area contributed by atoms with Crippen LogP contribution in [0.25, 0.3) is 10.2 Å². The molecular weight excluding hydrogens is 386 g/mol. The molecule has 1 aliphatic rings. The van der Waals surface area contributed by atoms with Gasteiger partial charge in [0.05, 0.1) is 11.1 Å². The highest BCUT2D eigenvalue weighted by Gasteiger charge is 2.28. The molecule has 9 heteroatoms. The quantitative estimate of drug-likeness (QED) is 0.681. The minimum atomic E-state index is -0.812. The Labute approximate surface area is 165 Å². The van der Waals surface area contributed by atoms with Crippen molar-refractivity contribution in [2.75, 3.05) is 0 Å². The molecule has 3 rings (SSSR count). The second kappa shape index (κ2) is 8.02. The number of hydrogen-bond acceptors (Lipinski definition) is 7. The van der Waals surface area contributed by atoms with E-state index in [-0.39, 0.29) is 17.5 Å². The summed E-state index contributed by atoms with van der Waals surface area (Å²) in [6.07, 6.45) is 1.15. The number of hydrogen-bond donors (Lipinski definition) is 2. The van der Waals surface area contributed by atoms with Crippen molar-refractivity contribution in [2.24, 2.45) is 0 Å². The van der Waals surface area contributed by atoms with E-state index >= 15 is 0 Å². The lowest BCUT2D eigenvalue weighted by molar-refractivity contribution is -0.154.